The van der Waals surface area contributed by atoms with Crippen LogP contribution in [0.5, 0.6) is 5.75 Å². The maximum absolute atomic E-state index is 10.6. The lowest BCUT2D eigenvalue weighted by Gasteiger charge is -2.03. The topological polar surface area (TPSA) is 38.3 Å². The first kappa shape index (κ1) is 8.65. The van der Waals surface area contributed by atoms with Crippen LogP contribution in [0.1, 0.15) is 6.92 Å². The average Bonchev–Trinajstić information content (AvgIpc) is 2.05. The first-order chi connectivity index (χ1) is 5.72. The van der Waals surface area contributed by atoms with E-state index < -0.39 is 0 Å². The van der Waals surface area contributed by atoms with Crippen molar-refractivity contribution in [1.82, 2.24) is 0 Å². The zero-order valence-corrected chi connectivity index (χ0v) is 6.70. The molecule has 0 fully saturated rings. The Bertz CT molecular complexity index is 271. The highest BCUT2D eigenvalue weighted by atomic mass is 16.4. The molecule has 0 heterocycles. The van der Waals surface area contributed by atoms with E-state index in [-0.39, 0.29) is 5.91 Å². The van der Waals surface area contributed by atoms with Crippen LogP contribution in [-0.4, -0.2) is 14.0 Å². The fraction of sp³-hybridized carbons (Fsp3) is 0.125. The summed E-state index contributed by atoms with van der Waals surface area (Å²) in [6.07, 6.45) is 0. The van der Waals surface area contributed by atoms with Gasteiger partial charge in [0.1, 0.15) is 0 Å². The maximum atomic E-state index is 10.6. The molecule has 4 heteroatoms. The summed E-state index contributed by atoms with van der Waals surface area (Å²) in [6, 6.07) is 6.77. The molecule has 0 aromatic heterocycles. The Labute approximate surface area is 72.2 Å². The van der Waals surface area contributed by atoms with Crippen molar-refractivity contribution in [3.8, 4) is 5.75 Å². The van der Waals surface area contributed by atoms with Crippen LogP contribution in [0.15, 0.2) is 24.3 Å². The summed E-state index contributed by atoms with van der Waals surface area (Å²) in [5.41, 5.74) is 0.725. The van der Waals surface area contributed by atoms with Crippen molar-refractivity contribution in [2.24, 2.45) is 0 Å². The van der Waals surface area contributed by atoms with E-state index in [1.165, 1.54) is 6.92 Å². The van der Waals surface area contributed by atoms with E-state index in [0.717, 1.165) is 5.69 Å². The lowest BCUT2D eigenvalue weighted by molar-refractivity contribution is -0.114. The van der Waals surface area contributed by atoms with Crippen molar-refractivity contribution < 1.29 is 9.45 Å². The van der Waals surface area contributed by atoms with Gasteiger partial charge in [0, 0.05) is 12.6 Å². The van der Waals surface area contributed by atoms with Gasteiger partial charge in [-0.3, -0.25) is 4.79 Å². The molecule has 0 atom stereocenters. The van der Waals surface area contributed by atoms with Gasteiger partial charge in [-0.25, -0.2) is 0 Å². The number of rotatable bonds is 2. The molecule has 60 valence electrons. The summed E-state index contributed by atoms with van der Waals surface area (Å²) in [5, 5.41) is 2.62. The SMILES string of the molecule is [B]Oc1ccc(NC(C)=O)cc1. The molecule has 1 aromatic rings. The van der Waals surface area contributed by atoms with Crippen molar-refractivity contribution in [1.29, 1.82) is 0 Å². The second-order valence-corrected chi connectivity index (χ2v) is 2.32. The highest BCUT2D eigenvalue weighted by Gasteiger charge is 1.94. The number of hydrogen-bond donors (Lipinski definition) is 1. The highest BCUT2D eigenvalue weighted by molar-refractivity contribution is 6.00. The predicted octanol–water partition coefficient (Wildman–Crippen LogP) is 1.11. The molecule has 2 radical (unpaired) electrons. The summed E-state index contributed by atoms with van der Waals surface area (Å²) in [4.78, 5) is 10.6. The molecule has 1 aromatic carbocycles. The van der Waals surface area contributed by atoms with Gasteiger partial charge < -0.3 is 9.97 Å². The Morgan fingerprint density at radius 2 is 2.00 bits per heavy atom. The van der Waals surface area contributed by atoms with E-state index in [1.807, 2.05) is 0 Å². The monoisotopic (exact) mass is 161 g/mol. The van der Waals surface area contributed by atoms with Crippen LogP contribution in [0.4, 0.5) is 5.69 Å². The third kappa shape index (κ3) is 2.30. The molecule has 0 aliphatic heterocycles. The molecule has 0 aliphatic carbocycles. The number of amides is 1. The highest BCUT2D eigenvalue weighted by Crippen LogP contribution is 2.14. The molecule has 0 spiro atoms. The lowest BCUT2D eigenvalue weighted by atomic mass is 10.3. The van der Waals surface area contributed by atoms with Gasteiger partial charge in [0.15, 0.2) is 0 Å². The van der Waals surface area contributed by atoms with Crippen LogP contribution in [0.2, 0.25) is 0 Å². The Hall–Kier alpha value is -1.45. The minimum absolute atomic E-state index is 0.101. The van der Waals surface area contributed by atoms with Gasteiger partial charge in [-0.2, -0.15) is 0 Å². The molecular weight excluding hydrogens is 153 g/mol. The van der Waals surface area contributed by atoms with E-state index in [1.54, 1.807) is 24.3 Å². The average molecular weight is 161 g/mol. The van der Waals surface area contributed by atoms with Gasteiger partial charge in [-0.1, -0.05) is 0 Å². The Balaban J connectivity index is 2.71. The fourth-order valence-corrected chi connectivity index (χ4v) is 0.820. The molecule has 0 unspecified atom stereocenters. The normalized spacial score (nSPS) is 9.08. The van der Waals surface area contributed by atoms with Crippen molar-refractivity contribution >= 4 is 19.6 Å². The first-order valence-corrected chi connectivity index (χ1v) is 3.47. The molecule has 1 rings (SSSR count). The molecule has 0 saturated carbocycles. The molecule has 1 N–H and O–H groups in total. The predicted molar refractivity (Wildman–Crippen MR) is 47.1 cm³/mol. The molecule has 1 amide bonds. The lowest BCUT2D eigenvalue weighted by Crippen LogP contribution is -2.05. The third-order valence-electron chi connectivity index (χ3n) is 1.31. The zero-order valence-electron chi connectivity index (χ0n) is 6.70. The summed E-state index contributed by atoms with van der Waals surface area (Å²) >= 11 is 0. The standard InChI is InChI=1S/C8H8BNO2/c1-6(11)10-7-2-4-8(12-9)5-3-7/h2-5H,1H3,(H,10,11). The second-order valence-electron chi connectivity index (χ2n) is 2.32. The van der Waals surface area contributed by atoms with E-state index in [4.69, 9.17) is 8.05 Å². The number of hydrogen-bond acceptors (Lipinski definition) is 2. The van der Waals surface area contributed by atoms with Gasteiger partial charge in [0.25, 0.3) is 0 Å². The summed E-state index contributed by atoms with van der Waals surface area (Å²) in [7, 11) is 4.91. The van der Waals surface area contributed by atoms with Crippen molar-refractivity contribution in [3.05, 3.63) is 24.3 Å². The molecule has 0 aliphatic rings. The summed E-state index contributed by atoms with van der Waals surface area (Å²) < 4.78 is 4.46. The first-order valence-electron chi connectivity index (χ1n) is 3.47. The smallest absolute Gasteiger partial charge is 0.374 e. The van der Waals surface area contributed by atoms with Gasteiger partial charge in [0.2, 0.25) is 5.91 Å². The Morgan fingerprint density at radius 1 is 1.42 bits per heavy atom. The van der Waals surface area contributed by atoms with Crippen molar-refractivity contribution in [2.45, 2.75) is 6.92 Å². The van der Waals surface area contributed by atoms with E-state index in [0.29, 0.717) is 5.75 Å². The zero-order chi connectivity index (χ0) is 8.97. The largest absolute Gasteiger partial charge is 0.568 e. The minimum Gasteiger partial charge on any atom is -0.568 e. The van der Waals surface area contributed by atoms with Gasteiger partial charge in [-0.05, 0) is 24.3 Å². The molecular formula is C8H8BNO2. The van der Waals surface area contributed by atoms with Gasteiger partial charge in [-0.15, -0.1) is 0 Å². The Morgan fingerprint density at radius 3 is 2.42 bits per heavy atom. The van der Waals surface area contributed by atoms with Crippen LogP contribution in [0.3, 0.4) is 0 Å². The van der Waals surface area contributed by atoms with E-state index in [2.05, 4.69) is 9.97 Å². The number of carbonyl (C=O) groups is 1. The summed E-state index contributed by atoms with van der Waals surface area (Å²) in [5.74, 6) is 0.459. The van der Waals surface area contributed by atoms with Crippen LogP contribution in [0, 0.1) is 0 Å². The quantitative estimate of drug-likeness (QED) is 0.659. The maximum Gasteiger partial charge on any atom is 0.374 e. The molecule has 0 saturated heterocycles. The van der Waals surface area contributed by atoms with Crippen LogP contribution in [-0.2, 0) is 4.79 Å². The van der Waals surface area contributed by atoms with Crippen molar-refractivity contribution in [3.63, 3.8) is 0 Å². The number of anilines is 1. The Kier molecular flexibility index (Phi) is 2.74. The van der Waals surface area contributed by atoms with Crippen LogP contribution < -0.4 is 9.97 Å². The fourth-order valence-electron chi connectivity index (χ4n) is 0.820. The van der Waals surface area contributed by atoms with Crippen LogP contribution in [0.25, 0.3) is 0 Å². The van der Waals surface area contributed by atoms with Gasteiger partial charge >= 0.3 is 8.05 Å². The van der Waals surface area contributed by atoms with Crippen molar-refractivity contribution in [2.75, 3.05) is 5.32 Å². The van der Waals surface area contributed by atoms with E-state index in [9.17, 15) is 4.79 Å². The molecule has 0 bridgehead atoms. The van der Waals surface area contributed by atoms with Gasteiger partial charge in [0.05, 0.1) is 5.75 Å². The number of benzene rings is 1. The summed E-state index contributed by atoms with van der Waals surface area (Å²) in [6.45, 7) is 1.45. The third-order valence-corrected chi connectivity index (χ3v) is 1.31. The minimum atomic E-state index is -0.101. The van der Waals surface area contributed by atoms with E-state index >= 15 is 0 Å². The van der Waals surface area contributed by atoms with Crippen LogP contribution >= 0.6 is 0 Å². The number of nitrogens with one attached hydrogen (secondary N) is 1. The second kappa shape index (κ2) is 3.81. The number of carbonyl (C=O) groups excluding carboxylic acids is 1. The molecule has 12 heavy (non-hydrogen) atoms. The molecule has 3 nitrogen and oxygen atoms in total.